The molecule has 0 bridgehead atoms. The number of hydrogen-bond acceptors (Lipinski definition) is 6. The largest absolute Gasteiger partial charge is 0.487 e. The van der Waals surface area contributed by atoms with Crippen molar-refractivity contribution >= 4 is 34.5 Å². The molecule has 3 aromatic rings. The molecule has 1 amide bonds. The Morgan fingerprint density at radius 2 is 2.12 bits per heavy atom. The number of fused-ring (bicyclic) bond motifs is 1. The number of carbonyl (C=O) groups excluding carboxylic acids is 1. The molecule has 0 radical (unpaired) electrons. The number of amides is 1. The van der Waals surface area contributed by atoms with Crippen LogP contribution >= 0.6 is 22.9 Å². The molecule has 1 unspecified atom stereocenters. The molecule has 0 aliphatic carbocycles. The zero-order valence-electron chi connectivity index (χ0n) is 13.2. The summed E-state index contributed by atoms with van der Waals surface area (Å²) >= 11 is 7.36. The normalized spacial score (nSPS) is 16.2. The molecule has 0 saturated heterocycles. The lowest BCUT2D eigenvalue weighted by Crippen LogP contribution is -2.42. The molecular weight excluding hydrogens is 360 g/mol. The highest BCUT2D eigenvalue weighted by Crippen LogP contribution is 2.37. The molecule has 126 valence electrons. The molecule has 1 aliphatic rings. The molecule has 0 N–H and O–H groups in total. The van der Waals surface area contributed by atoms with E-state index in [9.17, 15) is 4.79 Å². The van der Waals surface area contributed by atoms with Crippen LogP contribution in [0.2, 0.25) is 5.02 Å². The first-order valence-electron chi connectivity index (χ1n) is 7.63. The van der Waals surface area contributed by atoms with Gasteiger partial charge in [-0.05, 0) is 31.2 Å². The third kappa shape index (κ3) is 3.08. The molecule has 3 heterocycles. The smallest absolute Gasteiger partial charge is 0.270 e. The molecule has 0 saturated carbocycles. The van der Waals surface area contributed by atoms with Gasteiger partial charge in [0.15, 0.2) is 10.8 Å². The van der Waals surface area contributed by atoms with E-state index in [1.165, 1.54) is 11.3 Å². The summed E-state index contributed by atoms with van der Waals surface area (Å²) < 4.78 is 5.79. The van der Waals surface area contributed by atoms with Crippen LogP contribution in [0, 0.1) is 0 Å². The molecule has 1 aliphatic heterocycles. The Balaban J connectivity index is 1.68. The molecule has 4 rings (SSSR count). The van der Waals surface area contributed by atoms with E-state index < -0.39 is 0 Å². The predicted molar refractivity (Wildman–Crippen MR) is 96.4 cm³/mol. The van der Waals surface area contributed by atoms with Gasteiger partial charge in [-0.3, -0.25) is 4.79 Å². The standard InChI is InChI=1S/C17H13ClN4O2S/c1-10-9-22(12-7-11(18)3-4-13(12)24-10)17(23)14-8-21-16(25-14)15-19-5-2-6-20-15/h2-8,10H,9H2,1H3. The minimum absolute atomic E-state index is 0.109. The highest BCUT2D eigenvalue weighted by Gasteiger charge is 2.29. The fourth-order valence-corrected chi connectivity index (χ4v) is 3.60. The predicted octanol–water partition coefficient (Wildman–Crippen LogP) is 3.68. The van der Waals surface area contributed by atoms with Crippen LogP contribution in [-0.2, 0) is 0 Å². The van der Waals surface area contributed by atoms with Gasteiger partial charge in [-0.1, -0.05) is 11.6 Å². The van der Waals surface area contributed by atoms with Gasteiger partial charge in [-0.25, -0.2) is 15.0 Å². The third-order valence-electron chi connectivity index (χ3n) is 3.70. The van der Waals surface area contributed by atoms with Crippen LogP contribution in [0.15, 0.2) is 42.9 Å². The molecule has 25 heavy (non-hydrogen) atoms. The van der Waals surface area contributed by atoms with Crippen molar-refractivity contribution in [3.05, 3.63) is 52.8 Å². The van der Waals surface area contributed by atoms with Gasteiger partial charge in [0.05, 0.1) is 18.4 Å². The quantitative estimate of drug-likeness (QED) is 0.686. The number of hydrogen-bond donors (Lipinski definition) is 0. The maximum Gasteiger partial charge on any atom is 0.270 e. The number of aromatic nitrogens is 3. The van der Waals surface area contributed by atoms with E-state index in [-0.39, 0.29) is 12.0 Å². The minimum Gasteiger partial charge on any atom is -0.487 e. The van der Waals surface area contributed by atoms with E-state index in [1.807, 2.05) is 6.92 Å². The first-order chi connectivity index (χ1) is 12.1. The second-order valence-corrected chi connectivity index (χ2v) is 7.03. The fourth-order valence-electron chi connectivity index (χ4n) is 2.62. The van der Waals surface area contributed by atoms with E-state index in [1.54, 1.807) is 47.8 Å². The first kappa shape index (κ1) is 16.0. The van der Waals surface area contributed by atoms with Crippen molar-refractivity contribution in [2.45, 2.75) is 13.0 Å². The van der Waals surface area contributed by atoms with Gasteiger partial charge in [0.25, 0.3) is 5.91 Å². The topological polar surface area (TPSA) is 68.2 Å². The third-order valence-corrected chi connectivity index (χ3v) is 4.91. The summed E-state index contributed by atoms with van der Waals surface area (Å²) in [6.45, 7) is 2.37. The Morgan fingerprint density at radius 1 is 1.32 bits per heavy atom. The van der Waals surface area contributed by atoms with Gasteiger partial charge >= 0.3 is 0 Å². The van der Waals surface area contributed by atoms with Crippen LogP contribution in [0.3, 0.4) is 0 Å². The van der Waals surface area contributed by atoms with Crippen molar-refractivity contribution in [3.8, 4) is 16.6 Å². The summed E-state index contributed by atoms with van der Waals surface area (Å²) in [4.78, 5) is 27.8. The number of carbonyl (C=O) groups is 1. The zero-order chi connectivity index (χ0) is 17.4. The molecular formula is C17H13ClN4O2S. The van der Waals surface area contributed by atoms with E-state index in [0.29, 0.717) is 38.7 Å². The fraction of sp³-hybridized carbons (Fsp3) is 0.176. The van der Waals surface area contributed by atoms with Gasteiger partial charge in [0.1, 0.15) is 16.7 Å². The van der Waals surface area contributed by atoms with Crippen LogP contribution in [0.4, 0.5) is 5.69 Å². The average molecular weight is 373 g/mol. The summed E-state index contributed by atoms with van der Waals surface area (Å²) in [5.41, 5.74) is 0.668. The number of rotatable bonds is 2. The average Bonchev–Trinajstić information content (AvgIpc) is 3.12. The van der Waals surface area contributed by atoms with Crippen LogP contribution in [0.5, 0.6) is 5.75 Å². The number of anilines is 1. The lowest BCUT2D eigenvalue weighted by molar-refractivity contribution is 0.0965. The molecule has 2 aromatic heterocycles. The van der Waals surface area contributed by atoms with Gasteiger partial charge < -0.3 is 9.64 Å². The van der Waals surface area contributed by atoms with E-state index >= 15 is 0 Å². The highest BCUT2D eigenvalue weighted by molar-refractivity contribution is 7.16. The number of benzene rings is 1. The summed E-state index contributed by atoms with van der Waals surface area (Å²) in [7, 11) is 0. The summed E-state index contributed by atoms with van der Waals surface area (Å²) in [5, 5.41) is 1.16. The number of thiazole rings is 1. The van der Waals surface area contributed by atoms with Crippen LogP contribution in [0.1, 0.15) is 16.6 Å². The maximum atomic E-state index is 13.0. The lowest BCUT2D eigenvalue weighted by Gasteiger charge is -2.33. The van der Waals surface area contributed by atoms with Crippen LogP contribution < -0.4 is 9.64 Å². The maximum absolute atomic E-state index is 13.0. The molecule has 1 atom stereocenters. The van der Waals surface area contributed by atoms with Crippen molar-refractivity contribution in [2.24, 2.45) is 0 Å². The second-order valence-electron chi connectivity index (χ2n) is 5.56. The van der Waals surface area contributed by atoms with E-state index in [2.05, 4.69) is 15.0 Å². The van der Waals surface area contributed by atoms with Crippen molar-refractivity contribution in [1.29, 1.82) is 0 Å². The van der Waals surface area contributed by atoms with Gasteiger partial charge in [0.2, 0.25) is 0 Å². The monoisotopic (exact) mass is 372 g/mol. The van der Waals surface area contributed by atoms with Crippen LogP contribution in [0.25, 0.3) is 10.8 Å². The van der Waals surface area contributed by atoms with Crippen molar-refractivity contribution in [3.63, 3.8) is 0 Å². The van der Waals surface area contributed by atoms with Crippen LogP contribution in [-0.4, -0.2) is 33.5 Å². The summed E-state index contributed by atoms with van der Waals surface area (Å²) in [5.74, 6) is 1.01. The first-order valence-corrected chi connectivity index (χ1v) is 8.82. The van der Waals surface area contributed by atoms with Crippen molar-refractivity contribution in [2.75, 3.05) is 11.4 Å². The zero-order valence-corrected chi connectivity index (χ0v) is 14.8. The lowest BCUT2D eigenvalue weighted by atomic mass is 10.2. The summed E-state index contributed by atoms with van der Waals surface area (Å²) in [6, 6.07) is 7.00. The summed E-state index contributed by atoms with van der Waals surface area (Å²) in [6.07, 6.45) is 4.74. The minimum atomic E-state index is -0.140. The van der Waals surface area contributed by atoms with Crippen molar-refractivity contribution in [1.82, 2.24) is 15.0 Å². The number of ether oxygens (including phenoxy) is 1. The Labute approximate surface area is 153 Å². The molecule has 0 fully saturated rings. The highest BCUT2D eigenvalue weighted by atomic mass is 35.5. The number of nitrogens with zero attached hydrogens (tertiary/aromatic N) is 4. The Hall–Kier alpha value is -2.51. The number of halogens is 1. The molecule has 6 nitrogen and oxygen atoms in total. The Bertz CT molecular complexity index is 931. The second kappa shape index (κ2) is 6.42. The Kier molecular flexibility index (Phi) is 4.10. The van der Waals surface area contributed by atoms with Gasteiger partial charge in [-0.15, -0.1) is 11.3 Å². The van der Waals surface area contributed by atoms with Gasteiger partial charge in [0, 0.05) is 17.4 Å². The van der Waals surface area contributed by atoms with Gasteiger partial charge in [-0.2, -0.15) is 0 Å². The Morgan fingerprint density at radius 3 is 2.92 bits per heavy atom. The SMILES string of the molecule is CC1CN(C(=O)c2cnc(-c3ncccn3)s2)c2cc(Cl)ccc2O1. The van der Waals surface area contributed by atoms with E-state index in [0.717, 1.165) is 0 Å². The molecule has 0 spiro atoms. The van der Waals surface area contributed by atoms with Crippen molar-refractivity contribution < 1.29 is 9.53 Å². The van der Waals surface area contributed by atoms with E-state index in [4.69, 9.17) is 16.3 Å². The molecule has 8 heteroatoms. The molecule has 1 aromatic carbocycles.